The Morgan fingerprint density at radius 2 is 1.60 bits per heavy atom. The first-order valence-corrected chi connectivity index (χ1v) is 8.03. The van der Waals surface area contributed by atoms with Crippen molar-refractivity contribution in [2.24, 2.45) is 7.05 Å². The fraction of sp³-hybridized carbons (Fsp3) is 0.143. The highest BCUT2D eigenvalue weighted by atomic mass is 16.5. The third-order valence-electron chi connectivity index (χ3n) is 4.05. The monoisotopic (exact) mass is 333 g/mol. The first kappa shape index (κ1) is 16.7. The summed E-state index contributed by atoms with van der Waals surface area (Å²) < 4.78 is 6.97. The maximum Gasteiger partial charge on any atom is 0.355 e. The van der Waals surface area contributed by atoms with E-state index in [2.05, 4.69) is 12.1 Å². The lowest BCUT2D eigenvalue weighted by molar-refractivity contribution is 0.0461. The molecule has 0 aliphatic heterocycles. The third-order valence-corrected chi connectivity index (χ3v) is 4.05. The van der Waals surface area contributed by atoms with E-state index >= 15 is 0 Å². The van der Waals surface area contributed by atoms with Crippen LogP contribution in [0.15, 0.2) is 66.9 Å². The molecular formula is C21H19NO3. The fourth-order valence-corrected chi connectivity index (χ4v) is 2.61. The Morgan fingerprint density at radius 1 is 0.960 bits per heavy atom. The predicted molar refractivity (Wildman–Crippen MR) is 96.4 cm³/mol. The van der Waals surface area contributed by atoms with Gasteiger partial charge in [0.2, 0.25) is 0 Å². The molecule has 0 saturated heterocycles. The van der Waals surface area contributed by atoms with Crippen LogP contribution in [0.3, 0.4) is 0 Å². The standard InChI is InChI=1S/C21H19NO3/c1-15(23)19-12-20(22(2)13-19)21(24)25-14-16-8-10-18(11-9-16)17-6-4-3-5-7-17/h3-13H,14H2,1-2H3. The molecule has 4 heteroatoms. The summed E-state index contributed by atoms with van der Waals surface area (Å²) in [4.78, 5) is 23.6. The number of rotatable bonds is 5. The fourth-order valence-electron chi connectivity index (χ4n) is 2.61. The largest absolute Gasteiger partial charge is 0.456 e. The molecule has 0 amide bonds. The van der Waals surface area contributed by atoms with Gasteiger partial charge in [-0.25, -0.2) is 4.79 Å². The van der Waals surface area contributed by atoms with E-state index in [1.807, 2.05) is 42.5 Å². The van der Waals surface area contributed by atoms with Gasteiger partial charge in [-0.15, -0.1) is 0 Å². The molecule has 4 nitrogen and oxygen atoms in total. The van der Waals surface area contributed by atoms with Crippen molar-refractivity contribution in [1.82, 2.24) is 4.57 Å². The van der Waals surface area contributed by atoms with E-state index in [-0.39, 0.29) is 12.4 Å². The molecule has 0 atom stereocenters. The second kappa shape index (κ2) is 7.18. The van der Waals surface area contributed by atoms with E-state index in [0.717, 1.165) is 16.7 Å². The number of ether oxygens (including phenoxy) is 1. The van der Waals surface area contributed by atoms with Crippen molar-refractivity contribution in [2.45, 2.75) is 13.5 Å². The van der Waals surface area contributed by atoms with Gasteiger partial charge in [0.25, 0.3) is 0 Å². The molecule has 0 bridgehead atoms. The highest BCUT2D eigenvalue weighted by molar-refractivity contribution is 5.97. The van der Waals surface area contributed by atoms with Crippen LogP contribution in [0.25, 0.3) is 11.1 Å². The van der Waals surface area contributed by atoms with Crippen LogP contribution < -0.4 is 0 Å². The van der Waals surface area contributed by atoms with E-state index in [4.69, 9.17) is 4.74 Å². The van der Waals surface area contributed by atoms with Crippen molar-refractivity contribution in [3.05, 3.63) is 83.7 Å². The highest BCUT2D eigenvalue weighted by Gasteiger charge is 2.15. The molecule has 0 unspecified atom stereocenters. The van der Waals surface area contributed by atoms with Crippen molar-refractivity contribution in [3.63, 3.8) is 0 Å². The first-order chi connectivity index (χ1) is 12.0. The van der Waals surface area contributed by atoms with E-state index in [9.17, 15) is 9.59 Å². The maximum atomic E-state index is 12.2. The van der Waals surface area contributed by atoms with Crippen LogP contribution in [-0.4, -0.2) is 16.3 Å². The molecule has 0 radical (unpaired) electrons. The zero-order chi connectivity index (χ0) is 17.8. The van der Waals surface area contributed by atoms with Gasteiger partial charge in [-0.2, -0.15) is 0 Å². The minimum Gasteiger partial charge on any atom is -0.456 e. The highest BCUT2D eigenvalue weighted by Crippen LogP contribution is 2.19. The Kier molecular flexibility index (Phi) is 4.80. The van der Waals surface area contributed by atoms with Gasteiger partial charge in [-0.3, -0.25) is 4.79 Å². The van der Waals surface area contributed by atoms with E-state index in [1.165, 1.54) is 6.92 Å². The van der Waals surface area contributed by atoms with Gasteiger partial charge < -0.3 is 9.30 Å². The van der Waals surface area contributed by atoms with Crippen LogP contribution in [0, 0.1) is 0 Å². The Hall–Kier alpha value is -3.14. The van der Waals surface area contributed by atoms with Gasteiger partial charge in [0.05, 0.1) is 0 Å². The van der Waals surface area contributed by atoms with Gasteiger partial charge in [-0.05, 0) is 29.7 Å². The normalized spacial score (nSPS) is 10.5. The summed E-state index contributed by atoms with van der Waals surface area (Å²) in [5.41, 5.74) is 4.04. The van der Waals surface area contributed by atoms with E-state index in [0.29, 0.717) is 11.3 Å². The molecule has 0 fully saturated rings. The van der Waals surface area contributed by atoms with Crippen molar-refractivity contribution in [2.75, 3.05) is 0 Å². The molecule has 0 aliphatic rings. The van der Waals surface area contributed by atoms with E-state index < -0.39 is 5.97 Å². The number of nitrogens with zero attached hydrogens (tertiary/aromatic N) is 1. The average Bonchev–Trinajstić information content (AvgIpc) is 3.03. The summed E-state index contributed by atoms with van der Waals surface area (Å²) in [5, 5.41) is 0. The Morgan fingerprint density at radius 3 is 2.20 bits per heavy atom. The van der Waals surface area contributed by atoms with Crippen LogP contribution in [0.1, 0.15) is 33.3 Å². The summed E-state index contributed by atoms with van der Waals surface area (Å²) >= 11 is 0. The lowest BCUT2D eigenvalue weighted by Crippen LogP contribution is -2.09. The molecule has 0 spiro atoms. The Balaban J connectivity index is 1.65. The maximum absolute atomic E-state index is 12.2. The zero-order valence-electron chi connectivity index (χ0n) is 14.2. The molecule has 1 aromatic heterocycles. The second-order valence-corrected chi connectivity index (χ2v) is 5.92. The lowest BCUT2D eigenvalue weighted by atomic mass is 10.0. The van der Waals surface area contributed by atoms with Crippen LogP contribution >= 0.6 is 0 Å². The molecule has 126 valence electrons. The van der Waals surface area contributed by atoms with Crippen molar-refractivity contribution in [1.29, 1.82) is 0 Å². The molecule has 2 aromatic carbocycles. The number of ketones is 1. The van der Waals surface area contributed by atoms with Gasteiger partial charge in [-0.1, -0.05) is 54.6 Å². The van der Waals surface area contributed by atoms with Crippen molar-refractivity contribution < 1.29 is 14.3 Å². The number of hydrogen-bond acceptors (Lipinski definition) is 3. The number of aryl methyl sites for hydroxylation is 1. The number of Topliss-reactive ketones (excluding diaryl/α,β-unsaturated/α-hetero) is 1. The zero-order valence-corrected chi connectivity index (χ0v) is 14.2. The molecule has 0 saturated carbocycles. The van der Waals surface area contributed by atoms with Gasteiger partial charge in [0.1, 0.15) is 12.3 Å². The number of carbonyl (C=O) groups excluding carboxylic acids is 2. The molecule has 3 aromatic rings. The van der Waals surface area contributed by atoms with Crippen LogP contribution in [-0.2, 0) is 18.4 Å². The lowest BCUT2D eigenvalue weighted by Gasteiger charge is -2.07. The summed E-state index contributed by atoms with van der Waals surface area (Å²) in [6.45, 7) is 1.66. The second-order valence-electron chi connectivity index (χ2n) is 5.92. The number of carbonyl (C=O) groups is 2. The SMILES string of the molecule is CC(=O)c1cc(C(=O)OCc2ccc(-c3ccccc3)cc2)n(C)c1. The average molecular weight is 333 g/mol. The molecular weight excluding hydrogens is 314 g/mol. The minimum atomic E-state index is -0.442. The molecule has 0 N–H and O–H groups in total. The summed E-state index contributed by atoms with van der Waals surface area (Å²) in [5.74, 6) is -0.520. The van der Waals surface area contributed by atoms with Gasteiger partial charge >= 0.3 is 5.97 Å². The Bertz CT molecular complexity index is 893. The molecule has 0 aliphatic carbocycles. The van der Waals surface area contributed by atoms with Gasteiger partial charge in [0.15, 0.2) is 5.78 Å². The molecule has 3 rings (SSSR count). The van der Waals surface area contributed by atoms with E-state index in [1.54, 1.807) is 23.9 Å². The van der Waals surface area contributed by atoms with Crippen LogP contribution in [0.4, 0.5) is 0 Å². The number of esters is 1. The topological polar surface area (TPSA) is 48.3 Å². The smallest absolute Gasteiger partial charge is 0.355 e. The quantitative estimate of drug-likeness (QED) is 0.518. The number of hydrogen-bond donors (Lipinski definition) is 0. The molecule has 1 heterocycles. The Labute approximate surface area is 146 Å². The number of aromatic nitrogens is 1. The first-order valence-electron chi connectivity index (χ1n) is 8.03. The van der Waals surface area contributed by atoms with Crippen molar-refractivity contribution in [3.8, 4) is 11.1 Å². The molecule has 25 heavy (non-hydrogen) atoms. The summed E-state index contributed by atoms with van der Waals surface area (Å²) in [6.07, 6.45) is 1.63. The summed E-state index contributed by atoms with van der Waals surface area (Å²) in [7, 11) is 1.72. The summed E-state index contributed by atoms with van der Waals surface area (Å²) in [6, 6.07) is 19.6. The van der Waals surface area contributed by atoms with Crippen LogP contribution in [0.2, 0.25) is 0 Å². The van der Waals surface area contributed by atoms with Crippen molar-refractivity contribution >= 4 is 11.8 Å². The third kappa shape index (κ3) is 3.86. The minimum absolute atomic E-state index is 0.0776. The van der Waals surface area contributed by atoms with Crippen LogP contribution in [0.5, 0.6) is 0 Å². The van der Waals surface area contributed by atoms with Gasteiger partial charge in [0, 0.05) is 18.8 Å². The predicted octanol–water partition coefficient (Wildman–Crippen LogP) is 4.25. The number of benzene rings is 2.